The summed E-state index contributed by atoms with van der Waals surface area (Å²) in [6, 6.07) is 17.8. The van der Waals surface area contributed by atoms with E-state index in [0.717, 1.165) is 11.3 Å². The molecule has 162 valence electrons. The van der Waals surface area contributed by atoms with Crippen LogP contribution in [0.25, 0.3) is 0 Å². The SMILES string of the molecule is CC[C@H](C(=O)NCC(C)C)N(Cc1ccc(C)cc1)C(=O)CSCc1ccccc1. The maximum absolute atomic E-state index is 13.2. The molecule has 0 heterocycles. The zero-order valence-electron chi connectivity index (χ0n) is 18.6. The monoisotopic (exact) mass is 426 g/mol. The van der Waals surface area contributed by atoms with Crippen molar-refractivity contribution < 1.29 is 9.59 Å². The van der Waals surface area contributed by atoms with Crippen LogP contribution in [0.5, 0.6) is 0 Å². The molecule has 0 saturated carbocycles. The van der Waals surface area contributed by atoms with E-state index in [1.165, 1.54) is 11.1 Å². The van der Waals surface area contributed by atoms with Crippen molar-refractivity contribution in [2.75, 3.05) is 12.3 Å². The van der Waals surface area contributed by atoms with E-state index in [4.69, 9.17) is 0 Å². The van der Waals surface area contributed by atoms with E-state index in [-0.39, 0.29) is 11.8 Å². The number of hydrogen-bond donors (Lipinski definition) is 1. The first-order valence-corrected chi connectivity index (χ1v) is 11.8. The predicted molar refractivity (Wildman–Crippen MR) is 126 cm³/mol. The van der Waals surface area contributed by atoms with Crippen LogP contribution in [-0.2, 0) is 21.9 Å². The van der Waals surface area contributed by atoms with Crippen molar-refractivity contribution in [2.45, 2.75) is 52.5 Å². The summed E-state index contributed by atoms with van der Waals surface area (Å²) in [5.41, 5.74) is 3.41. The largest absolute Gasteiger partial charge is 0.354 e. The van der Waals surface area contributed by atoms with Gasteiger partial charge in [-0.1, -0.05) is 80.9 Å². The standard InChI is InChI=1S/C25H34N2O2S/c1-5-23(25(29)26-15-19(2)3)27(16-21-13-11-20(4)12-14-21)24(28)18-30-17-22-9-7-6-8-10-22/h6-14,19,23H,5,15-18H2,1-4H3,(H,26,29)/t23-/m1/s1. The number of amides is 2. The Morgan fingerprint density at radius 2 is 1.67 bits per heavy atom. The van der Waals surface area contributed by atoms with E-state index in [1.807, 2.05) is 56.3 Å². The minimum Gasteiger partial charge on any atom is -0.354 e. The Hall–Kier alpha value is -2.27. The summed E-state index contributed by atoms with van der Waals surface area (Å²) in [5.74, 6) is 1.44. The number of benzene rings is 2. The minimum absolute atomic E-state index is 0.00283. The Balaban J connectivity index is 2.10. The summed E-state index contributed by atoms with van der Waals surface area (Å²) in [6.07, 6.45) is 0.588. The average Bonchev–Trinajstić information content (AvgIpc) is 2.74. The van der Waals surface area contributed by atoms with Gasteiger partial charge in [0.15, 0.2) is 0 Å². The molecule has 0 aliphatic rings. The fourth-order valence-corrected chi connectivity index (χ4v) is 4.02. The van der Waals surface area contributed by atoms with Gasteiger partial charge in [0, 0.05) is 18.8 Å². The number of hydrogen-bond acceptors (Lipinski definition) is 3. The van der Waals surface area contributed by atoms with Gasteiger partial charge in [-0.15, -0.1) is 11.8 Å². The van der Waals surface area contributed by atoms with Gasteiger partial charge in [-0.25, -0.2) is 0 Å². The molecule has 0 saturated heterocycles. The Labute approximate surface area is 185 Å². The van der Waals surface area contributed by atoms with Crippen LogP contribution in [0.4, 0.5) is 0 Å². The van der Waals surface area contributed by atoms with Gasteiger partial charge in [-0.3, -0.25) is 9.59 Å². The van der Waals surface area contributed by atoms with Crippen LogP contribution in [0.2, 0.25) is 0 Å². The zero-order valence-corrected chi connectivity index (χ0v) is 19.4. The highest BCUT2D eigenvalue weighted by Crippen LogP contribution is 2.17. The number of nitrogens with zero attached hydrogens (tertiary/aromatic N) is 1. The van der Waals surface area contributed by atoms with E-state index in [1.54, 1.807) is 16.7 Å². The molecule has 0 unspecified atom stereocenters. The van der Waals surface area contributed by atoms with Crippen LogP contribution in [0.15, 0.2) is 54.6 Å². The predicted octanol–water partition coefficient (Wildman–Crippen LogP) is 4.81. The second-order valence-electron chi connectivity index (χ2n) is 8.05. The van der Waals surface area contributed by atoms with Gasteiger partial charge >= 0.3 is 0 Å². The second-order valence-corrected chi connectivity index (χ2v) is 9.03. The smallest absolute Gasteiger partial charge is 0.242 e. The fraction of sp³-hybridized carbons (Fsp3) is 0.440. The Morgan fingerprint density at radius 1 is 1.00 bits per heavy atom. The van der Waals surface area contributed by atoms with Crippen LogP contribution in [0.3, 0.4) is 0 Å². The molecule has 5 heteroatoms. The molecule has 2 aromatic rings. The fourth-order valence-electron chi connectivity index (χ4n) is 3.15. The van der Waals surface area contributed by atoms with Crippen LogP contribution < -0.4 is 5.32 Å². The molecule has 0 aromatic heterocycles. The number of rotatable bonds is 11. The molecule has 1 N–H and O–H groups in total. The summed E-state index contributed by atoms with van der Waals surface area (Å²) in [4.78, 5) is 27.8. The van der Waals surface area contributed by atoms with Crippen molar-refractivity contribution in [1.29, 1.82) is 0 Å². The van der Waals surface area contributed by atoms with Crippen molar-refractivity contribution >= 4 is 23.6 Å². The number of carbonyl (C=O) groups is 2. The first-order chi connectivity index (χ1) is 14.4. The number of thioether (sulfide) groups is 1. The van der Waals surface area contributed by atoms with E-state index in [2.05, 4.69) is 31.3 Å². The van der Waals surface area contributed by atoms with Crippen LogP contribution >= 0.6 is 11.8 Å². The molecule has 0 spiro atoms. The minimum atomic E-state index is -0.463. The highest BCUT2D eigenvalue weighted by molar-refractivity contribution is 7.99. The Bertz CT molecular complexity index is 791. The van der Waals surface area contributed by atoms with E-state index >= 15 is 0 Å². The maximum atomic E-state index is 13.2. The third-order valence-electron chi connectivity index (χ3n) is 4.88. The molecule has 0 fully saturated rings. The molecular formula is C25H34N2O2S. The molecule has 2 aromatic carbocycles. The van der Waals surface area contributed by atoms with Crippen molar-refractivity contribution in [3.63, 3.8) is 0 Å². The molecule has 0 radical (unpaired) electrons. The Kier molecular flexibility index (Phi) is 9.95. The summed E-state index contributed by atoms with van der Waals surface area (Å²) in [6.45, 7) is 9.20. The number of carbonyl (C=O) groups excluding carboxylic acids is 2. The lowest BCUT2D eigenvalue weighted by Gasteiger charge is -2.31. The molecule has 2 rings (SSSR count). The third-order valence-corrected chi connectivity index (χ3v) is 5.87. The topological polar surface area (TPSA) is 49.4 Å². The molecule has 0 bridgehead atoms. The normalized spacial score (nSPS) is 11.9. The molecule has 4 nitrogen and oxygen atoms in total. The average molecular weight is 427 g/mol. The first-order valence-electron chi connectivity index (χ1n) is 10.6. The van der Waals surface area contributed by atoms with Crippen molar-refractivity contribution in [3.05, 3.63) is 71.3 Å². The second kappa shape index (κ2) is 12.4. The summed E-state index contributed by atoms with van der Waals surface area (Å²) in [5, 5.41) is 3.01. The summed E-state index contributed by atoms with van der Waals surface area (Å²) in [7, 11) is 0. The van der Waals surface area contributed by atoms with E-state index in [9.17, 15) is 9.59 Å². The highest BCUT2D eigenvalue weighted by Gasteiger charge is 2.28. The quantitative estimate of drug-likeness (QED) is 0.561. The maximum Gasteiger partial charge on any atom is 0.242 e. The van der Waals surface area contributed by atoms with Crippen LogP contribution in [0, 0.1) is 12.8 Å². The van der Waals surface area contributed by atoms with Gasteiger partial charge in [0.25, 0.3) is 0 Å². The first kappa shape index (κ1) is 24.0. The van der Waals surface area contributed by atoms with Crippen molar-refractivity contribution in [3.8, 4) is 0 Å². The van der Waals surface area contributed by atoms with Gasteiger partial charge in [-0.2, -0.15) is 0 Å². The lowest BCUT2D eigenvalue weighted by molar-refractivity contribution is -0.139. The van der Waals surface area contributed by atoms with Crippen LogP contribution in [0.1, 0.15) is 43.9 Å². The Morgan fingerprint density at radius 3 is 2.27 bits per heavy atom. The molecule has 30 heavy (non-hydrogen) atoms. The van der Waals surface area contributed by atoms with Gasteiger partial charge < -0.3 is 10.2 Å². The number of aryl methyl sites for hydroxylation is 1. The molecule has 0 aliphatic heterocycles. The van der Waals surface area contributed by atoms with E-state index in [0.29, 0.717) is 31.2 Å². The van der Waals surface area contributed by atoms with E-state index < -0.39 is 6.04 Å². The lowest BCUT2D eigenvalue weighted by Crippen LogP contribution is -2.50. The molecule has 1 atom stereocenters. The van der Waals surface area contributed by atoms with Crippen LogP contribution in [-0.4, -0.2) is 35.1 Å². The lowest BCUT2D eigenvalue weighted by atomic mass is 10.1. The van der Waals surface area contributed by atoms with Gasteiger partial charge in [0.2, 0.25) is 11.8 Å². The molecular weight excluding hydrogens is 392 g/mol. The van der Waals surface area contributed by atoms with Gasteiger partial charge in [-0.05, 0) is 30.4 Å². The van der Waals surface area contributed by atoms with Gasteiger partial charge in [0.1, 0.15) is 6.04 Å². The zero-order chi connectivity index (χ0) is 21.9. The van der Waals surface area contributed by atoms with Crippen molar-refractivity contribution in [2.24, 2.45) is 5.92 Å². The molecule has 2 amide bonds. The number of nitrogens with one attached hydrogen (secondary N) is 1. The molecule has 0 aliphatic carbocycles. The highest BCUT2D eigenvalue weighted by atomic mass is 32.2. The third kappa shape index (κ3) is 7.86. The summed E-state index contributed by atoms with van der Waals surface area (Å²) < 4.78 is 0. The van der Waals surface area contributed by atoms with Crippen molar-refractivity contribution in [1.82, 2.24) is 10.2 Å². The summed E-state index contributed by atoms with van der Waals surface area (Å²) >= 11 is 1.59. The van der Waals surface area contributed by atoms with Gasteiger partial charge in [0.05, 0.1) is 5.75 Å².